The van der Waals surface area contributed by atoms with Crippen molar-refractivity contribution >= 4 is 5.95 Å². The largest absolute Gasteiger partial charge is 0.396 e. The quantitative estimate of drug-likeness (QED) is 0.913. The molecule has 2 aliphatic rings. The van der Waals surface area contributed by atoms with E-state index in [4.69, 9.17) is 4.98 Å². The van der Waals surface area contributed by atoms with E-state index in [0.29, 0.717) is 12.0 Å². The minimum atomic E-state index is 0.242. The summed E-state index contributed by atoms with van der Waals surface area (Å²) in [5, 5.41) is 9.20. The highest BCUT2D eigenvalue weighted by Crippen LogP contribution is 2.33. The third kappa shape index (κ3) is 3.35. The molecular formula is C16H26N4O. The van der Waals surface area contributed by atoms with Gasteiger partial charge in [0.05, 0.1) is 0 Å². The van der Waals surface area contributed by atoms with Crippen molar-refractivity contribution in [1.29, 1.82) is 0 Å². The Hall–Kier alpha value is -1.20. The number of hydrogen-bond donors (Lipinski definition) is 1. The standard InChI is InChI=1S/C16H26N4O/c1-19-9-10-20(12-14(19)7-11-21)16-17-8-6-15(18-16)13-4-2-3-5-13/h6,8,13-14,21H,2-5,7,9-12H2,1H3/t14-/m1/s1. The summed E-state index contributed by atoms with van der Waals surface area (Å²) in [6, 6.07) is 2.48. The Labute approximate surface area is 127 Å². The van der Waals surface area contributed by atoms with Gasteiger partial charge in [-0.3, -0.25) is 4.90 Å². The fraction of sp³-hybridized carbons (Fsp3) is 0.750. The predicted molar refractivity (Wildman–Crippen MR) is 83.6 cm³/mol. The first-order valence-corrected chi connectivity index (χ1v) is 8.17. The van der Waals surface area contributed by atoms with Gasteiger partial charge in [0.1, 0.15) is 0 Å². The van der Waals surface area contributed by atoms with Gasteiger partial charge in [-0.2, -0.15) is 0 Å². The zero-order valence-electron chi connectivity index (χ0n) is 12.9. The molecule has 5 nitrogen and oxygen atoms in total. The highest BCUT2D eigenvalue weighted by atomic mass is 16.3. The van der Waals surface area contributed by atoms with E-state index >= 15 is 0 Å². The molecule has 21 heavy (non-hydrogen) atoms. The first-order valence-electron chi connectivity index (χ1n) is 8.17. The van der Waals surface area contributed by atoms with E-state index in [9.17, 15) is 5.11 Å². The molecule has 2 fully saturated rings. The van der Waals surface area contributed by atoms with Gasteiger partial charge in [0.2, 0.25) is 5.95 Å². The van der Waals surface area contributed by atoms with Crippen molar-refractivity contribution in [1.82, 2.24) is 14.9 Å². The molecule has 3 rings (SSSR count). The lowest BCUT2D eigenvalue weighted by Crippen LogP contribution is -2.52. The van der Waals surface area contributed by atoms with Crippen LogP contribution in [0.1, 0.15) is 43.7 Å². The number of aliphatic hydroxyl groups excluding tert-OH is 1. The smallest absolute Gasteiger partial charge is 0.225 e. The van der Waals surface area contributed by atoms with Crippen LogP contribution in [-0.2, 0) is 0 Å². The zero-order chi connectivity index (χ0) is 14.7. The minimum absolute atomic E-state index is 0.242. The molecule has 0 bridgehead atoms. The highest BCUT2D eigenvalue weighted by Gasteiger charge is 2.26. The molecule has 1 aliphatic carbocycles. The topological polar surface area (TPSA) is 52.5 Å². The molecule has 0 unspecified atom stereocenters. The predicted octanol–water partition coefficient (Wildman–Crippen LogP) is 1.64. The van der Waals surface area contributed by atoms with Crippen LogP contribution in [0.15, 0.2) is 12.3 Å². The van der Waals surface area contributed by atoms with Crippen molar-refractivity contribution in [2.24, 2.45) is 0 Å². The zero-order valence-corrected chi connectivity index (χ0v) is 12.9. The Bertz CT molecular complexity index is 461. The molecule has 1 atom stereocenters. The van der Waals surface area contributed by atoms with E-state index < -0.39 is 0 Å². The molecule has 1 aliphatic heterocycles. The third-order valence-corrected chi connectivity index (χ3v) is 4.96. The van der Waals surface area contributed by atoms with E-state index in [2.05, 4.69) is 27.9 Å². The van der Waals surface area contributed by atoms with E-state index in [-0.39, 0.29) is 6.61 Å². The summed E-state index contributed by atoms with van der Waals surface area (Å²) < 4.78 is 0. The van der Waals surface area contributed by atoms with Crippen molar-refractivity contribution < 1.29 is 5.11 Å². The van der Waals surface area contributed by atoms with Crippen LogP contribution in [0.4, 0.5) is 5.95 Å². The van der Waals surface area contributed by atoms with Gasteiger partial charge in [-0.25, -0.2) is 9.97 Å². The van der Waals surface area contributed by atoms with Gasteiger partial charge in [0.25, 0.3) is 0 Å². The second kappa shape index (κ2) is 6.71. The molecule has 2 heterocycles. The van der Waals surface area contributed by atoms with Gasteiger partial charge in [-0.1, -0.05) is 12.8 Å². The molecule has 0 spiro atoms. The van der Waals surface area contributed by atoms with Gasteiger partial charge in [-0.15, -0.1) is 0 Å². The number of rotatable bonds is 4. The van der Waals surface area contributed by atoms with Crippen LogP contribution in [0.25, 0.3) is 0 Å². The summed E-state index contributed by atoms with van der Waals surface area (Å²) in [6.07, 6.45) is 7.93. The summed E-state index contributed by atoms with van der Waals surface area (Å²) in [6.45, 7) is 3.12. The summed E-state index contributed by atoms with van der Waals surface area (Å²) in [7, 11) is 2.13. The Morgan fingerprint density at radius 2 is 2.10 bits per heavy atom. The van der Waals surface area contributed by atoms with Crippen LogP contribution < -0.4 is 4.90 Å². The van der Waals surface area contributed by atoms with Gasteiger partial charge < -0.3 is 10.0 Å². The fourth-order valence-corrected chi connectivity index (χ4v) is 3.55. The molecule has 1 saturated carbocycles. The van der Waals surface area contributed by atoms with Crippen molar-refractivity contribution in [2.75, 3.05) is 38.2 Å². The lowest BCUT2D eigenvalue weighted by atomic mass is 10.0. The van der Waals surface area contributed by atoms with Crippen LogP contribution in [0.2, 0.25) is 0 Å². The molecule has 0 aromatic carbocycles. The lowest BCUT2D eigenvalue weighted by Gasteiger charge is -2.39. The Kier molecular flexibility index (Phi) is 4.70. The molecule has 5 heteroatoms. The van der Waals surface area contributed by atoms with Gasteiger partial charge in [0, 0.05) is 50.1 Å². The average molecular weight is 290 g/mol. The second-order valence-electron chi connectivity index (χ2n) is 6.36. The van der Waals surface area contributed by atoms with Gasteiger partial charge in [0.15, 0.2) is 0 Å². The van der Waals surface area contributed by atoms with E-state index in [1.54, 1.807) is 0 Å². The minimum Gasteiger partial charge on any atom is -0.396 e. The summed E-state index contributed by atoms with van der Waals surface area (Å²) in [4.78, 5) is 13.9. The van der Waals surface area contributed by atoms with Crippen molar-refractivity contribution in [3.05, 3.63) is 18.0 Å². The van der Waals surface area contributed by atoms with Crippen LogP contribution in [0, 0.1) is 0 Å². The van der Waals surface area contributed by atoms with Crippen LogP contribution in [-0.4, -0.2) is 59.3 Å². The number of piperazine rings is 1. The summed E-state index contributed by atoms with van der Waals surface area (Å²) in [5.41, 5.74) is 1.22. The lowest BCUT2D eigenvalue weighted by molar-refractivity contribution is 0.170. The first-order chi connectivity index (χ1) is 10.3. The van der Waals surface area contributed by atoms with E-state index in [0.717, 1.165) is 32.0 Å². The fourth-order valence-electron chi connectivity index (χ4n) is 3.55. The molecule has 1 N–H and O–H groups in total. The van der Waals surface area contributed by atoms with Crippen molar-refractivity contribution in [2.45, 2.75) is 44.1 Å². The van der Waals surface area contributed by atoms with Gasteiger partial charge in [-0.05, 0) is 32.4 Å². The maximum atomic E-state index is 9.20. The summed E-state index contributed by atoms with van der Waals surface area (Å²) in [5.74, 6) is 1.50. The normalized spacial score (nSPS) is 24.7. The number of likely N-dealkylation sites (N-methyl/N-ethyl adjacent to an activating group) is 1. The summed E-state index contributed by atoms with van der Waals surface area (Å²) >= 11 is 0. The number of aromatic nitrogens is 2. The molecule has 1 saturated heterocycles. The number of nitrogens with zero attached hydrogens (tertiary/aromatic N) is 4. The Morgan fingerprint density at radius 3 is 2.86 bits per heavy atom. The average Bonchev–Trinajstić information content (AvgIpc) is 3.04. The third-order valence-electron chi connectivity index (χ3n) is 4.96. The van der Waals surface area contributed by atoms with Gasteiger partial charge >= 0.3 is 0 Å². The molecule has 116 valence electrons. The monoisotopic (exact) mass is 290 g/mol. The van der Waals surface area contributed by atoms with Crippen LogP contribution >= 0.6 is 0 Å². The molecule has 1 aromatic heterocycles. The maximum Gasteiger partial charge on any atom is 0.225 e. The second-order valence-corrected chi connectivity index (χ2v) is 6.36. The molecular weight excluding hydrogens is 264 g/mol. The van der Waals surface area contributed by atoms with Crippen molar-refractivity contribution in [3.63, 3.8) is 0 Å². The SMILES string of the molecule is CN1CCN(c2nccc(C3CCCC3)n2)C[C@H]1CCO. The Balaban J connectivity index is 1.72. The molecule has 0 amide bonds. The number of hydrogen-bond acceptors (Lipinski definition) is 5. The first kappa shape index (κ1) is 14.7. The van der Waals surface area contributed by atoms with Crippen LogP contribution in [0.3, 0.4) is 0 Å². The molecule has 1 aromatic rings. The maximum absolute atomic E-state index is 9.20. The van der Waals surface area contributed by atoms with Crippen LogP contribution in [0.5, 0.6) is 0 Å². The van der Waals surface area contributed by atoms with E-state index in [1.807, 2.05) is 6.20 Å². The Morgan fingerprint density at radius 1 is 1.29 bits per heavy atom. The molecule has 0 radical (unpaired) electrons. The highest BCUT2D eigenvalue weighted by molar-refractivity contribution is 5.32. The van der Waals surface area contributed by atoms with Crippen molar-refractivity contribution in [3.8, 4) is 0 Å². The number of aliphatic hydroxyl groups is 1. The number of anilines is 1. The van der Waals surface area contributed by atoms with E-state index in [1.165, 1.54) is 31.4 Å².